The van der Waals surface area contributed by atoms with Crippen LogP contribution < -0.4 is 20.2 Å². The van der Waals surface area contributed by atoms with E-state index in [-0.39, 0.29) is 11.7 Å². The largest absolute Gasteiger partial charge is 0.496 e. The van der Waals surface area contributed by atoms with E-state index in [0.29, 0.717) is 44.5 Å². The van der Waals surface area contributed by atoms with Crippen molar-refractivity contribution in [3.8, 4) is 22.8 Å². The summed E-state index contributed by atoms with van der Waals surface area (Å²) in [5.41, 5.74) is 4.32. The first-order chi connectivity index (χ1) is 18.5. The predicted octanol–water partition coefficient (Wildman–Crippen LogP) is 3.06. The Kier molecular flexibility index (Phi) is 6.67. The SMILES string of the molecule is COc1cc2ncc3c(c2cc1-c1ccc(OCCCN(C)C)nc1)n(N1CCOCC1)c(=O)n3C1CC1. The van der Waals surface area contributed by atoms with Crippen molar-refractivity contribution < 1.29 is 14.2 Å². The molecule has 6 rings (SSSR count). The Labute approximate surface area is 221 Å². The maximum atomic E-state index is 13.7. The Morgan fingerprint density at radius 3 is 2.61 bits per heavy atom. The third-order valence-electron chi connectivity index (χ3n) is 7.23. The zero-order valence-corrected chi connectivity index (χ0v) is 22.2. The van der Waals surface area contributed by atoms with Crippen LogP contribution >= 0.6 is 0 Å². The van der Waals surface area contributed by atoms with Crippen molar-refractivity contribution in [2.24, 2.45) is 0 Å². The summed E-state index contributed by atoms with van der Waals surface area (Å²) in [4.78, 5) is 25.2. The molecule has 1 aliphatic heterocycles. The lowest BCUT2D eigenvalue weighted by Crippen LogP contribution is -2.48. The molecule has 1 aromatic carbocycles. The summed E-state index contributed by atoms with van der Waals surface area (Å²) >= 11 is 0. The monoisotopic (exact) mass is 518 g/mol. The van der Waals surface area contributed by atoms with E-state index in [1.54, 1.807) is 7.11 Å². The highest BCUT2D eigenvalue weighted by atomic mass is 16.5. The fraction of sp³-hybridized carbons (Fsp3) is 0.464. The molecule has 4 aromatic rings. The molecule has 3 aromatic heterocycles. The predicted molar refractivity (Wildman–Crippen MR) is 147 cm³/mol. The van der Waals surface area contributed by atoms with Gasteiger partial charge >= 0.3 is 5.69 Å². The van der Waals surface area contributed by atoms with Crippen LogP contribution in [0.3, 0.4) is 0 Å². The van der Waals surface area contributed by atoms with Crippen molar-refractivity contribution in [1.29, 1.82) is 0 Å². The average molecular weight is 519 g/mol. The number of nitrogens with zero attached hydrogens (tertiary/aromatic N) is 6. The topological polar surface area (TPSA) is 86.9 Å². The third kappa shape index (κ3) is 4.58. The number of pyridine rings is 2. The highest BCUT2D eigenvalue weighted by molar-refractivity contribution is 6.05. The van der Waals surface area contributed by atoms with Gasteiger partial charge in [-0.1, -0.05) is 0 Å². The van der Waals surface area contributed by atoms with E-state index in [9.17, 15) is 4.79 Å². The second-order valence-electron chi connectivity index (χ2n) is 10.2. The van der Waals surface area contributed by atoms with Gasteiger partial charge in [-0.3, -0.25) is 9.55 Å². The van der Waals surface area contributed by atoms with Crippen LogP contribution in [0.25, 0.3) is 33.1 Å². The fourth-order valence-corrected chi connectivity index (χ4v) is 5.17. The zero-order valence-electron chi connectivity index (χ0n) is 22.2. The van der Waals surface area contributed by atoms with Gasteiger partial charge in [0.2, 0.25) is 5.88 Å². The molecule has 0 spiro atoms. The van der Waals surface area contributed by atoms with Crippen molar-refractivity contribution in [2.75, 3.05) is 65.7 Å². The summed E-state index contributed by atoms with van der Waals surface area (Å²) in [5.74, 6) is 1.30. The normalized spacial score (nSPS) is 16.1. The molecule has 1 saturated heterocycles. The van der Waals surface area contributed by atoms with E-state index in [2.05, 4.69) is 35.1 Å². The Morgan fingerprint density at radius 1 is 1.11 bits per heavy atom. The second kappa shape index (κ2) is 10.3. The summed E-state index contributed by atoms with van der Waals surface area (Å²) in [5, 5.41) is 3.01. The molecule has 2 fully saturated rings. The van der Waals surface area contributed by atoms with Gasteiger partial charge in [-0.15, -0.1) is 0 Å². The number of morpholine rings is 1. The maximum Gasteiger partial charge on any atom is 0.348 e. The maximum absolute atomic E-state index is 13.7. The van der Waals surface area contributed by atoms with Gasteiger partial charge in [0.05, 0.1) is 57.3 Å². The molecule has 200 valence electrons. The van der Waals surface area contributed by atoms with Crippen LogP contribution in [-0.4, -0.2) is 84.8 Å². The number of rotatable bonds is 9. The number of ether oxygens (including phenoxy) is 3. The Morgan fingerprint density at radius 2 is 1.92 bits per heavy atom. The minimum absolute atomic E-state index is 0.00602. The van der Waals surface area contributed by atoms with Crippen molar-refractivity contribution in [3.05, 3.63) is 47.1 Å². The van der Waals surface area contributed by atoms with Gasteiger partial charge in [0.1, 0.15) is 11.3 Å². The van der Waals surface area contributed by atoms with Crippen LogP contribution in [0.2, 0.25) is 0 Å². The van der Waals surface area contributed by atoms with Crippen LogP contribution in [0, 0.1) is 0 Å². The molecular weight excluding hydrogens is 484 g/mol. The number of aromatic nitrogens is 4. The molecule has 0 unspecified atom stereocenters. The smallest absolute Gasteiger partial charge is 0.348 e. The number of imidazole rings is 1. The van der Waals surface area contributed by atoms with Crippen LogP contribution in [0.4, 0.5) is 0 Å². The average Bonchev–Trinajstić information content (AvgIpc) is 3.73. The Hall–Kier alpha value is -3.63. The molecule has 0 bridgehead atoms. The van der Waals surface area contributed by atoms with E-state index in [4.69, 9.17) is 19.2 Å². The summed E-state index contributed by atoms with van der Waals surface area (Å²) in [7, 11) is 5.76. The van der Waals surface area contributed by atoms with Crippen molar-refractivity contribution >= 4 is 21.9 Å². The molecule has 4 heterocycles. The lowest BCUT2D eigenvalue weighted by molar-refractivity contribution is 0.111. The van der Waals surface area contributed by atoms with Crippen LogP contribution in [0.15, 0.2) is 41.5 Å². The van der Waals surface area contributed by atoms with Crippen LogP contribution in [0.5, 0.6) is 11.6 Å². The number of benzene rings is 1. The molecule has 2 aliphatic rings. The number of hydrogen-bond acceptors (Lipinski definition) is 8. The summed E-state index contributed by atoms with van der Waals surface area (Å²) in [6.07, 6.45) is 6.61. The molecule has 10 nitrogen and oxygen atoms in total. The van der Waals surface area contributed by atoms with Gasteiger partial charge in [-0.25, -0.2) is 14.5 Å². The van der Waals surface area contributed by atoms with E-state index < -0.39 is 0 Å². The molecule has 0 radical (unpaired) electrons. The van der Waals surface area contributed by atoms with Gasteiger partial charge in [-0.05, 0) is 45.5 Å². The minimum atomic E-state index is -0.00602. The van der Waals surface area contributed by atoms with Crippen LogP contribution in [-0.2, 0) is 4.74 Å². The first-order valence-corrected chi connectivity index (χ1v) is 13.3. The molecule has 0 atom stereocenters. The lowest BCUT2D eigenvalue weighted by atomic mass is 10.0. The Bertz CT molecular complexity index is 1500. The molecular formula is C28H34N6O4. The number of fused-ring (bicyclic) bond motifs is 3. The van der Waals surface area contributed by atoms with Crippen molar-refractivity contribution in [3.63, 3.8) is 0 Å². The molecule has 0 N–H and O–H groups in total. The summed E-state index contributed by atoms with van der Waals surface area (Å²) in [6, 6.07) is 8.14. The summed E-state index contributed by atoms with van der Waals surface area (Å²) in [6.45, 7) is 4.10. The Balaban J connectivity index is 1.44. The first-order valence-electron chi connectivity index (χ1n) is 13.3. The highest BCUT2D eigenvalue weighted by Crippen LogP contribution is 2.39. The fourth-order valence-electron chi connectivity index (χ4n) is 5.17. The van der Waals surface area contributed by atoms with Crippen LogP contribution in [0.1, 0.15) is 25.3 Å². The van der Waals surface area contributed by atoms with E-state index in [1.165, 1.54) is 0 Å². The van der Waals surface area contributed by atoms with E-state index in [0.717, 1.165) is 58.9 Å². The number of methoxy groups -OCH3 is 1. The molecule has 1 aliphatic carbocycles. The number of hydrogen-bond donors (Lipinski definition) is 0. The molecule has 1 saturated carbocycles. The van der Waals surface area contributed by atoms with Crippen molar-refractivity contribution in [1.82, 2.24) is 24.1 Å². The lowest BCUT2D eigenvalue weighted by Gasteiger charge is -2.29. The molecule has 0 amide bonds. The quantitative estimate of drug-likeness (QED) is 0.313. The van der Waals surface area contributed by atoms with Gasteiger partial charge in [0.15, 0.2) is 0 Å². The van der Waals surface area contributed by atoms with Gasteiger partial charge in [0, 0.05) is 47.4 Å². The molecule has 38 heavy (non-hydrogen) atoms. The van der Waals surface area contributed by atoms with E-state index >= 15 is 0 Å². The molecule has 10 heteroatoms. The highest BCUT2D eigenvalue weighted by Gasteiger charge is 2.31. The summed E-state index contributed by atoms with van der Waals surface area (Å²) < 4.78 is 20.9. The van der Waals surface area contributed by atoms with Gasteiger partial charge in [-0.2, -0.15) is 0 Å². The van der Waals surface area contributed by atoms with Crippen molar-refractivity contribution in [2.45, 2.75) is 25.3 Å². The minimum Gasteiger partial charge on any atom is -0.496 e. The van der Waals surface area contributed by atoms with Gasteiger partial charge in [0.25, 0.3) is 0 Å². The zero-order chi connectivity index (χ0) is 26.2. The third-order valence-corrected chi connectivity index (χ3v) is 7.23. The second-order valence-corrected chi connectivity index (χ2v) is 10.2. The first kappa shape index (κ1) is 24.7. The van der Waals surface area contributed by atoms with E-state index in [1.807, 2.05) is 39.8 Å². The standard InChI is InChI=1S/C28H34N6O4/c1-31(2)9-4-12-38-26-8-5-19(17-30-26)21-15-22-23(16-25(21)36-3)29-18-24-27(22)34(32-10-13-37-14-11-32)28(35)33(24)20-6-7-20/h5,8,15-18,20H,4,6-7,9-14H2,1-3H3. The van der Waals surface area contributed by atoms with Gasteiger partial charge < -0.3 is 24.1 Å².